The molecule has 0 saturated carbocycles. The third kappa shape index (κ3) is 4.72. The van der Waals surface area contributed by atoms with Gasteiger partial charge in [0.25, 0.3) is 0 Å². The third-order valence-electron chi connectivity index (χ3n) is 3.36. The summed E-state index contributed by atoms with van der Waals surface area (Å²) in [7, 11) is 0. The fraction of sp³-hybridized carbons (Fsp3) is 0.857. The minimum atomic E-state index is -1.52. The first-order valence-electron chi connectivity index (χ1n) is 6.40. The normalized spacial score (nSPS) is 17.6. The van der Waals surface area contributed by atoms with Crippen molar-refractivity contribution in [3.05, 3.63) is 11.1 Å². The minimum Gasteiger partial charge on any atom is -0.246 e. The van der Waals surface area contributed by atoms with E-state index < -0.39 is 24.4 Å². The quantitative estimate of drug-likeness (QED) is 0.546. The first-order chi connectivity index (χ1) is 7.79. The standard InChI is InChI=1S/C14H25F3/c1-6-8-11(13(16)7-2)12(9-15)10(3)14(4,5)17/h10,13H,6-9H2,1-5H3/b12-11+. The Kier molecular flexibility index (Phi) is 6.88. The topological polar surface area (TPSA) is 0 Å². The third-order valence-corrected chi connectivity index (χ3v) is 3.36. The molecular formula is C14H25F3. The van der Waals surface area contributed by atoms with Gasteiger partial charge in [-0.3, -0.25) is 0 Å². The van der Waals surface area contributed by atoms with E-state index in [-0.39, 0.29) is 0 Å². The smallest absolute Gasteiger partial charge is 0.121 e. The first kappa shape index (κ1) is 16.5. The average Bonchev–Trinajstić information content (AvgIpc) is 2.26. The highest BCUT2D eigenvalue weighted by Gasteiger charge is 2.31. The molecule has 0 radical (unpaired) electrons. The predicted octanol–water partition coefficient (Wildman–Crippen LogP) is 5.18. The molecule has 0 aliphatic heterocycles. The lowest BCUT2D eigenvalue weighted by molar-refractivity contribution is 0.151. The highest BCUT2D eigenvalue weighted by atomic mass is 19.1. The molecule has 17 heavy (non-hydrogen) atoms. The van der Waals surface area contributed by atoms with Crippen LogP contribution in [0.25, 0.3) is 0 Å². The fourth-order valence-electron chi connectivity index (χ4n) is 1.93. The molecule has 0 fully saturated rings. The van der Waals surface area contributed by atoms with Gasteiger partial charge in [-0.15, -0.1) is 0 Å². The van der Waals surface area contributed by atoms with Gasteiger partial charge in [0.15, 0.2) is 0 Å². The molecule has 0 aliphatic rings. The first-order valence-corrected chi connectivity index (χ1v) is 6.40. The molecule has 2 atom stereocenters. The molecule has 0 nitrogen and oxygen atoms in total. The van der Waals surface area contributed by atoms with E-state index in [0.717, 1.165) is 6.42 Å². The maximum absolute atomic E-state index is 13.9. The van der Waals surface area contributed by atoms with E-state index in [9.17, 15) is 13.2 Å². The zero-order valence-electron chi connectivity index (χ0n) is 11.6. The molecule has 2 unspecified atom stereocenters. The van der Waals surface area contributed by atoms with Gasteiger partial charge in [-0.25, -0.2) is 13.2 Å². The van der Waals surface area contributed by atoms with Crippen molar-refractivity contribution in [2.24, 2.45) is 5.92 Å². The van der Waals surface area contributed by atoms with Crippen LogP contribution in [0.1, 0.15) is 53.9 Å². The van der Waals surface area contributed by atoms with Crippen molar-refractivity contribution in [3.8, 4) is 0 Å². The average molecular weight is 250 g/mol. The van der Waals surface area contributed by atoms with E-state index in [1.807, 2.05) is 6.92 Å². The van der Waals surface area contributed by atoms with Crippen molar-refractivity contribution in [2.75, 3.05) is 6.67 Å². The summed E-state index contributed by atoms with van der Waals surface area (Å²) in [5.74, 6) is -0.584. The molecule has 0 spiro atoms. The van der Waals surface area contributed by atoms with Crippen molar-refractivity contribution in [3.63, 3.8) is 0 Å². The zero-order chi connectivity index (χ0) is 13.6. The summed E-state index contributed by atoms with van der Waals surface area (Å²) >= 11 is 0. The van der Waals surface area contributed by atoms with E-state index in [1.165, 1.54) is 13.8 Å². The van der Waals surface area contributed by atoms with Gasteiger partial charge in [0.2, 0.25) is 0 Å². The summed E-state index contributed by atoms with van der Waals surface area (Å²) in [5, 5.41) is 0. The summed E-state index contributed by atoms with van der Waals surface area (Å²) in [6, 6.07) is 0. The van der Waals surface area contributed by atoms with E-state index in [1.54, 1.807) is 13.8 Å². The van der Waals surface area contributed by atoms with Crippen molar-refractivity contribution < 1.29 is 13.2 Å². The summed E-state index contributed by atoms with van der Waals surface area (Å²) in [6.07, 6.45) is 0.427. The van der Waals surface area contributed by atoms with Crippen LogP contribution in [0.15, 0.2) is 11.1 Å². The second-order valence-electron chi connectivity index (χ2n) is 5.10. The molecule has 0 amide bonds. The summed E-state index contributed by atoms with van der Waals surface area (Å²) in [6.45, 7) is 7.34. The Balaban J connectivity index is 5.34. The van der Waals surface area contributed by atoms with Crippen molar-refractivity contribution in [2.45, 2.75) is 65.7 Å². The van der Waals surface area contributed by atoms with Crippen molar-refractivity contribution >= 4 is 0 Å². The van der Waals surface area contributed by atoms with E-state index in [0.29, 0.717) is 24.0 Å². The van der Waals surface area contributed by atoms with Gasteiger partial charge in [-0.2, -0.15) is 0 Å². The van der Waals surface area contributed by atoms with Crippen LogP contribution in [-0.4, -0.2) is 18.5 Å². The fourth-order valence-corrected chi connectivity index (χ4v) is 1.93. The number of hydrogen-bond acceptors (Lipinski definition) is 0. The Morgan fingerprint density at radius 2 is 1.71 bits per heavy atom. The van der Waals surface area contributed by atoms with Gasteiger partial charge in [0, 0.05) is 5.92 Å². The summed E-state index contributed by atoms with van der Waals surface area (Å²) in [5.41, 5.74) is -0.738. The molecule has 0 bridgehead atoms. The number of rotatable bonds is 7. The Hall–Kier alpha value is -0.470. The molecule has 0 saturated heterocycles. The SMILES string of the molecule is CCC/C(=C(/CF)C(C)C(C)(C)F)C(F)CC. The number of alkyl halides is 3. The number of halogens is 3. The van der Waals surface area contributed by atoms with Crippen LogP contribution in [0.4, 0.5) is 13.2 Å². The lowest BCUT2D eigenvalue weighted by Gasteiger charge is -2.28. The van der Waals surface area contributed by atoms with Crippen LogP contribution in [0.3, 0.4) is 0 Å². The van der Waals surface area contributed by atoms with Gasteiger partial charge in [-0.1, -0.05) is 27.2 Å². The van der Waals surface area contributed by atoms with Gasteiger partial charge >= 0.3 is 0 Å². The second-order valence-corrected chi connectivity index (χ2v) is 5.10. The number of hydrogen-bond donors (Lipinski definition) is 0. The molecule has 0 N–H and O–H groups in total. The molecule has 0 aromatic rings. The zero-order valence-corrected chi connectivity index (χ0v) is 11.6. The number of allylic oxidation sites excluding steroid dienone is 2. The lowest BCUT2D eigenvalue weighted by atomic mass is 9.83. The Bertz CT molecular complexity index is 251. The van der Waals surface area contributed by atoms with Crippen LogP contribution >= 0.6 is 0 Å². The van der Waals surface area contributed by atoms with E-state index in [4.69, 9.17) is 0 Å². The van der Waals surface area contributed by atoms with Crippen molar-refractivity contribution in [1.82, 2.24) is 0 Å². The van der Waals surface area contributed by atoms with Gasteiger partial charge < -0.3 is 0 Å². The van der Waals surface area contributed by atoms with Gasteiger partial charge in [-0.05, 0) is 37.8 Å². The minimum absolute atomic E-state index is 0.314. The van der Waals surface area contributed by atoms with E-state index in [2.05, 4.69) is 0 Å². The predicted molar refractivity (Wildman–Crippen MR) is 67.4 cm³/mol. The van der Waals surface area contributed by atoms with E-state index >= 15 is 0 Å². The molecule has 0 aromatic carbocycles. The molecule has 0 rings (SSSR count). The maximum atomic E-state index is 13.9. The van der Waals surface area contributed by atoms with Crippen LogP contribution in [0, 0.1) is 5.92 Å². The molecule has 3 heteroatoms. The highest BCUT2D eigenvalue weighted by molar-refractivity contribution is 5.23. The Labute approximate surface area is 103 Å². The Morgan fingerprint density at radius 1 is 1.18 bits per heavy atom. The van der Waals surface area contributed by atoms with Crippen LogP contribution in [-0.2, 0) is 0 Å². The molecule has 0 aliphatic carbocycles. The van der Waals surface area contributed by atoms with Crippen LogP contribution in [0.5, 0.6) is 0 Å². The molecule has 0 aromatic heterocycles. The van der Waals surface area contributed by atoms with Gasteiger partial charge in [0.1, 0.15) is 18.5 Å². The summed E-state index contributed by atoms with van der Waals surface area (Å²) < 4.78 is 40.8. The monoisotopic (exact) mass is 250 g/mol. The lowest BCUT2D eigenvalue weighted by Crippen LogP contribution is -2.28. The second kappa shape index (κ2) is 7.07. The molecular weight excluding hydrogens is 225 g/mol. The Morgan fingerprint density at radius 3 is 2.00 bits per heavy atom. The highest BCUT2D eigenvalue weighted by Crippen LogP contribution is 2.33. The largest absolute Gasteiger partial charge is 0.246 e. The van der Waals surface area contributed by atoms with Crippen molar-refractivity contribution in [1.29, 1.82) is 0 Å². The van der Waals surface area contributed by atoms with Crippen LogP contribution < -0.4 is 0 Å². The van der Waals surface area contributed by atoms with Crippen LogP contribution in [0.2, 0.25) is 0 Å². The maximum Gasteiger partial charge on any atom is 0.121 e. The molecule has 0 heterocycles. The summed E-state index contributed by atoms with van der Waals surface area (Å²) in [4.78, 5) is 0. The van der Waals surface area contributed by atoms with Gasteiger partial charge in [0.05, 0.1) is 0 Å². The molecule has 102 valence electrons.